The zero-order valence-corrected chi connectivity index (χ0v) is 18.0. The molecule has 0 unspecified atom stereocenters. The summed E-state index contributed by atoms with van der Waals surface area (Å²) < 4.78 is 37.1. The lowest BCUT2D eigenvalue weighted by atomic mass is 9.70. The van der Waals surface area contributed by atoms with Crippen LogP contribution in [0.25, 0.3) is 0 Å². The van der Waals surface area contributed by atoms with Crippen LogP contribution in [0.3, 0.4) is 0 Å². The molecule has 0 saturated heterocycles. The number of carbonyl (C=O) groups is 2. The van der Waals surface area contributed by atoms with Crippen LogP contribution in [-0.2, 0) is 19.5 Å². The molecule has 2 bridgehead atoms. The van der Waals surface area contributed by atoms with Gasteiger partial charge < -0.3 is 9.47 Å². The predicted octanol–water partition coefficient (Wildman–Crippen LogP) is 2.85. The second kappa shape index (κ2) is 6.54. The van der Waals surface area contributed by atoms with E-state index in [1.807, 2.05) is 0 Å². The maximum atomic E-state index is 12.8. The first kappa shape index (κ1) is 20.3. The van der Waals surface area contributed by atoms with Crippen molar-refractivity contribution in [2.75, 3.05) is 20.3 Å². The fraction of sp³-hybridized carbons (Fsp3) is 0.619. The van der Waals surface area contributed by atoms with E-state index in [2.05, 4.69) is 20.8 Å². The highest BCUT2D eigenvalue weighted by atomic mass is 32.2. The van der Waals surface area contributed by atoms with Crippen LogP contribution in [0.2, 0.25) is 0 Å². The molecule has 2 saturated carbocycles. The Hall–Kier alpha value is -1.93. The molecule has 3 atom stereocenters. The third-order valence-electron chi connectivity index (χ3n) is 7.70. The standard InChI is InChI=1S/C21H27NO6S/c1-20(2)14-7-8-21(20,3)17(12-14)28-19(24)13-5-6-15-16(11-13)29(25,26)22(18(15)23)9-10-27-4/h5-6,11,14,17H,7-10,12H2,1-4H3/t14-,17+,21-/m1/s1. The van der Waals surface area contributed by atoms with Gasteiger partial charge in [-0.3, -0.25) is 4.79 Å². The van der Waals surface area contributed by atoms with Crippen LogP contribution in [0.1, 0.15) is 60.7 Å². The minimum absolute atomic E-state index is 0.0664. The number of sulfonamides is 1. The Morgan fingerprint density at radius 3 is 2.59 bits per heavy atom. The first-order valence-corrected chi connectivity index (χ1v) is 11.4. The summed E-state index contributed by atoms with van der Waals surface area (Å²) in [5.41, 5.74) is 0.250. The number of fused-ring (bicyclic) bond motifs is 3. The van der Waals surface area contributed by atoms with Crippen molar-refractivity contribution in [2.45, 2.75) is 51.0 Å². The summed E-state index contributed by atoms with van der Waals surface area (Å²) in [5, 5.41) is 0. The van der Waals surface area contributed by atoms with Crippen LogP contribution in [0, 0.1) is 16.7 Å². The van der Waals surface area contributed by atoms with Gasteiger partial charge in [0.2, 0.25) is 0 Å². The van der Waals surface area contributed by atoms with E-state index >= 15 is 0 Å². The molecule has 1 aromatic rings. The summed E-state index contributed by atoms with van der Waals surface area (Å²) in [6.07, 6.45) is 2.81. The number of carbonyl (C=O) groups excluding carboxylic acids is 2. The van der Waals surface area contributed by atoms with Gasteiger partial charge in [-0.1, -0.05) is 20.8 Å². The normalized spacial score (nSPS) is 31.2. The molecule has 2 aliphatic carbocycles. The van der Waals surface area contributed by atoms with Gasteiger partial charge in [-0.05, 0) is 48.8 Å². The van der Waals surface area contributed by atoms with Crippen molar-refractivity contribution in [3.8, 4) is 0 Å². The lowest BCUT2D eigenvalue weighted by Gasteiger charge is -2.38. The monoisotopic (exact) mass is 421 g/mol. The summed E-state index contributed by atoms with van der Waals surface area (Å²) in [4.78, 5) is 25.1. The van der Waals surface area contributed by atoms with Gasteiger partial charge in [0.25, 0.3) is 15.9 Å². The molecule has 0 radical (unpaired) electrons. The van der Waals surface area contributed by atoms with Crippen molar-refractivity contribution in [3.63, 3.8) is 0 Å². The van der Waals surface area contributed by atoms with Gasteiger partial charge in [0, 0.05) is 12.5 Å². The Bertz CT molecular complexity index is 985. The lowest BCUT2D eigenvalue weighted by Crippen LogP contribution is -2.38. The number of rotatable bonds is 5. The molecule has 1 heterocycles. The predicted molar refractivity (Wildman–Crippen MR) is 105 cm³/mol. The van der Waals surface area contributed by atoms with Crippen molar-refractivity contribution in [3.05, 3.63) is 29.3 Å². The molecule has 7 nitrogen and oxygen atoms in total. The molecule has 0 aromatic heterocycles. The molecule has 1 aromatic carbocycles. The van der Waals surface area contributed by atoms with Crippen molar-refractivity contribution in [1.82, 2.24) is 4.31 Å². The average molecular weight is 422 g/mol. The highest BCUT2D eigenvalue weighted by Crippen LogP contribution is 2.66. The van der Waals surface area contributed by atoms with E-state index in [0.717, 1.165) is 23.6 Å². The van der Waals surface area contributed by atoms with Crippen LogP contribution in [0.4, 0.5) is 0 Å². The summed E-state index contributed by atoms with van der Waals surface area (Å²) in [5.74, 6) is -0.614. The first-order chi connectivity index (χ1) is 13.5. The SMILES string of the molecule is COCCN1C(=O)c2ccc(C(=O)O[C@H]3C[C@H]4CC[C@@]3(C)C4(C)C)cc2S1(=O)=O. The van der Waals surface area contributed by atoms with E-state index in [1.165, 1.54) is 25.3 Å². The van der Waals surface area contributed by atoms with Crippen molar-refractivity contribution in [1.29, 1.82) is 0 Å². The van der Waals surface area contributed by atoms with Crippen LogP contribution in [0.5, 0.6) is 0 Å². The second-order valence-electron chi connectivity index (χ2n) is 9.09. The van der Waals surface area contributed by atoms with E-state index in [0.29, 0.717) is 5.92 Å². The van der Waals surface area contributed by atoms with E-state index in [1.54, 1.807) is 0 Å². The fourth-order valence-electron chi connectivity index (χ4n) is 5.30. The number of methoxy groups -OCH3 is 1. The molecular formula is C21H27NO6S. The topological polar surface area (TPSA) is 90.0 Å². The smallest absolute Gasteiger partial charge is 0.338 e. The number of esters is 1. The maximum Gasteiger partial charge on any atom is 0.338 e. The van der Waals surface area contributed by atoms with Crippen molar-refractivity contribution < 1.29 is 27.5 Å². The lowest BCUT2D eigenvalue weighted by molar-refractivity contribution is -0.0242. The van der Waals surface area contributed by atoms with Crippen molar-refractivity contribution in [2.24, 2.45) is 16.7 Å². The quantitative estimate of drug-likeness (QED) is 0.679. The van der Waals surface area contributed by atoms with Crippen LogP contribution in [-0.4, -0.2) is 51.0 Å². The number of nitrogens with zero attached hydrogens (tertiary/aromatic N) is 1. The summed E-state index contributed by atoms with van der Waals surface area (Å²) >= 11 is 0. The van der Waals surface area contributed by atoms with Gasteiger partial charge in [0.15, 0.2) is 0 Å². The molecule has 29 heavy (non-hydrogen) atoms. The molecule has 0 N–H and O–H groups in total. The van der Waals surface area contributed by atoms with Crippen LogP contribution in [0.15, 0.2) is 23.1 Å². The average Bonchev–Trinajstić information content (AvgIpc) is 3.09. The Labute approximate surface area is 171 Å². The molecule has 8 heteroatoms. The fourth-order valence-corrected chi connectivity index (χ4v) is 6.88. The van der Waals surface area contributed by atoms with Gasteiger partial charge in [0.1, 0.15) is 11.0 Å². The maximum absolute atomic E-state index is 12.8. The van der Waals surface area contributed by atoms with Crippen molar-refractivity contribution >= 4 is 21.9 Å². The van der Waals surface area contributed by atoms with Gasteiger partial charge in [-0.2, -0.15) is 0 Å². The molecule has 2 fully saturated rings. The van der Waals surface area contributed by atoms with Gasteiger partial charge >= 0.3 is 5.97 Å². The summed E-state index contributed by atoms with van der Waals surface area (Å²) in [7, 11) is -2.56. The molecule has 3 aliphatic rings. The highest BCUT2D eigenvalue weighted by Gasteiger charge is 2.62. The molecule has 0 spiro atoms. The molecule has 1 aliphatic heterocycles. The van der Waals surface area contributed by atoms with Gasteiger partial charge in [0.05, 0.1) is 24.3 Å². The minimum Gasteiger partial charge on any atom is -0.458 e. The summed E-state index contributed by atoms with van der Waals surface area (Å²) in [6, 6.07) is 4.12. The molecule has 4 rings (SSSR count). The first-order valence-electron chi connectivity index (χ1n) is 9.95. The zero-order valence-electron chi connectivity index (χ0n) is 17.2. The van der Waals surface area contributed by atoms with Gasteiger partial charge in [-0.25, -0.2) is 17.5 Å². The number of amides is 1. The molecule has 158 valence electrons. The molecule has 1 amide bonds. The Balaban J connectivity index is 1.58. The van der Waals surface area contributed by atoms with Crippen LogP contribution < -0.4 is 0 Å². The summed E-state index contributed by atoms with van der Waals surface area (Å²) in [6.45, 7) is 6.69. The van der Waals surface area contributed by atoms with E-state index in [9.17, 15) is 18.0 Å². The third-order valence-corrected chi connectivity index (χ3v) is 9.53. The van der Waals surface area contributed by atoms with E-state index in [4.69, 9.17) is 9.47 Å². The zero-order chi connectivity index (χ0) is 21.2. The number of hydrogen-bond donors (Lipinski definition) is 0. The minimum atomic E-state index is -3.99. The van der Waals surface area contributed by atoms with E-state index in [-0.39, 0.29) is 46.1 Å². The highest BCUT2D eigenvalue weighted by molar-refractivity contribution is 7.90. The Kier molecular flexibility index (Phi) is 4.59. The Morgan fingerprint density at radius 1 is 1.28 bits per heavy atom. The second-order valence-corrected chi connectivity index (χ2v) is 10.9. The Morgan fingerprint density at radius 2 is 2.00 bits per heavy atom. The largest absolute Gasteiger partial charge is 0.458 e. The number of hydrogen-bond acceptors (Lipinski definition) is 6. The number of ether oxygens (including phenoxy) is 2. The molecular weight excluding hydrogens is 394 g/mol. The van der Waals surface area contributed by atoms with Crippen LogP contribution >= 0.6 is 0 Å². The van der Waals surface area contributed by atoms with E-state index < -0.39 is 21.9 Å². The third kappa shape index (κ3) is 2.75. The number of benzene rings is 1. The van der Waals surface area contributed by atoms with Gasteiger partial charge in [-0.15, -0.1) is 0 Å².